The van der Waals surface area contributed by atoms with Gasteiger partial charge in [0, 0.05) is 29.9 Å². The molecule has 0 fully saturated rings. The summed E-state index contributed by atoms with van der Waals surface area (Å²) in [6, 6.07) is 1.95. The Bertz CT molecular complexity index is 1150. The van der Waals surface area contributed by atoms with E-state index < -0.39 is 66.9 Å². The number of H-pyrrole nitrogens is 1. The highest BCUT2D eigenvalue weighted by Gasteiger charge is 2.30. The normalized spacial score (nSPS) is 14.1. The molecule has 1 heterocycles. The monoisotopic (exact) mass is 548 g/mol. The van der Waals surface area contributed by atoms with Gasteiger partial charge in [-0.1, -0.05) is 24.6 Å². The molecule has 14 nitrogen and oxygen atoms in total. The number of carbonyl (C=O) groups excluding carboxylic acids is 3. The molecule has 4 unspecified atom stereocenters. The average molecular weight is 549 g/mol. The summed E-state index contributed by atoms with van der Waals surface area (Å²) in [5, 5.41) is 36.2. The van der Waals surface area contributed by atoms with Gasteiger partial charge in [0.1, 0.15) is 18.1 Å². The summed E-state index contributed by atoms with van der Waals surface area (Å²) < 4.78 is 0. The van der Waals surface area contributed by atoms with Gasteiger partial charge in [-0.2, -0.15) is 0 Å². The van der Waals surface area contributed by atoms with Gasteiger partial charge in [0.15, 0.2) is 0 Å². The van der Waals surface area contributed by atoms with Crippen LogP contribution in [0.4, 0.5) is 0 Å². The minimum atomic E-state index is -1.57. The molecule has 0 saturated heterocycles. The fourth-order valence-electron chi connectivity index (χ4n) is 3.91. The SMILES string of the molecule is NCCCCC(N)C(=O)NC(CCC(=O)O)C(=O)NC(CO)C(=O)NC(Cc1c[nH]c2ccccc12)C(=O)O. The zero-order valence-electron chi connectivity index (χ0n) is 21.4. The number of amides is 3. The molecule has 0 spiro atoms. The number of aliphatic hydroxyl groups is 1. The van der Waals surface area contributed by atoms with E-state index in [9.17, 15) is 34.2 Å². The Morgan fingerprint density at radius 3 is 2.15 bits per heavy atom. The van der Waals surface area contributed by atoms with Crippen LogP contribution in [0.5, 0.6) is 0 Å². The Hall–Kier alpha value is -4.01. The van der Waals surface area contributed by atoms with Gasteiger partial charge in [0.05, 0.1) is 12.6 Å². The lowest BCUT2D eigenvalue weighted by atomic mass is 10.0. The quantitative estimate of drug-likeness (QED) is 0.104. The van der Waals surface area contributed by atoms with Crippen LogP contribution in [0.25, 0.3) is 10.9 Å². The second kappa shape index (κ2) is 15.4. The van der Waals surface area contributed by atoms with E-state index in [0.717, 1.165) is 10.9 Å². The van der Waals surface area contributed by atoms with Crippen molar-refractivity contribution in [3.05, 3.63) is 36.0 Å². The van der Waals surface area contributed by atoms with Gasteiger partial charge in [-0.25, -0.2) is 4.79 Å². The third kappa shape index (κ3) is 9.67. The summed E-state index contributed by atoms with van der Waals surface area (Å²) in [6.45, 7) is -0.456. The van der Waals surface area contributed by atoms with E-state index in [1.807, 2.05) is 12.1 Å². The summed E-state index contributed by atoms with van der Waals surface area (Å²) in [5.41, 5.74) is 12.7. The first kappa shape index (κ1) is 31.2. The van der Waals surface area contributed by atoms with Crippen molar-refractivity contribution in [2.45, 2.75) is 62.7 Å². The number of carboxylic acids is 2. The van der Waals surface area contributed by atoms with Gasteiger partial charge < -0.3 is 47.7 Å². The number of rotatable bonds is 17. The van der Waals surface area contributed by atoms with E-state index in [2.05, 4.69) is 20.9 Å². The van der Waals surface area contributed by atoms with Crippen LogP contribution in [0.2, 0.25) is 0 Å². The first-order valence-corrected chi connectivity index (χ1v) is 12.5. The molecule has 39 heavy (non-hydrogen) atoms. The van der Waals surface area contributed by atoms with Crippen LogP contribution >= 0.6 is 0 Å². The molecular formula is C25H36N6O8. The first-order chi connectivity index (χ1) is 18.6. The number of aromatic amines is 1. The average Bonchev–Trinajstić information content (AvgIpc) is 3.31. The van der Waals surface area contributed by atoms with Crippen LogP contribution in [-0.4, -0.2) is 87.3 Å². The van der Waals surface area contributed by atoms with Gasteiger partial charge in [0.2, 0.25) is 17.7 Å². The van der Waals surface area contributed by atoms with Gasteiger partial charge >= 0.3 is 11.9 Å². The van der Waals surface area contributed by atoms with Crippen molar-refractivity contribution in [1.29, 1.82) is 0 Å². The van der Waals surface area contributed by atoms with Crippen LogP contribution in [0.1, 0.15) is 37.7 Å². The maximum Gasteiger partial charge on any atom is 0.326 e. The minimum absolute atomic E-state index is 0.0729. The number of aromatic nitrogens is 1. The van der Waals surface area contributed by atoms with Crippen molar-refractivity contribution in [2.75, 3.05) is 13.2 Å². The molecule has 0 bridgehead atoms. The third-order valence-electron chi connectivity index (χ3n) is 6.11. The van der Waals surface area contributed by atoms with Crippen LogP contribution in [0, 0.1) is 0 Å². The van der Waals surface area contributed by atoms with Crippen LogP contribution in [-0.2, 0) is 30.4 Å². The number of para-hydroxylation sites is 1. The number of unbranched alkanes of at least 4 members (excludes halogenated alkanes) is 1. The van der Waals surface area contributed by atoms with E-state index in [1.54, 1.807) is 18.3 Å². The maximum atomic E-state index is 12.9. The molecule has 1 aromatic carbocycles. The van der Waals surface area contributed by atoms with E-state index in [0.29, 0.717) is 31.4 Å². The first-order valence-electron chi connectivity index (χ1n) is 12.5. The highest BCUT2D eigenvalue weighted by atomic mass is 16.4. The number of carbonyl (C=O) groups is 5. The van der Waals surface area contributed by atoms with Gasteiger partial charge in [0.25, 0.3) is 0 Å². The highest BCUT2D eigenvalue weighted by Crippen LogP contribution is 2.19. The molecular weight excluding hydrogens is 512 g/mol. The van der Waals surface area contributed by atoms with Crippen molar-refractivity contribution < 1.29 is 39.3 Å². The number of benzene rings is 1. The van der Waals surface area contributed by atoms with Crippen molar-refractivity contribution in [1.82, 2.24) is 20.9 Å². The fourth-order valence-corrected chi connectivity index (χ4v) is 3.91. The molecule has 214 valence electrons. The fraction of sp³-hybridized carbons (Fsp3) is 0.480. The van der Waals surface area contributed by atoms with Crippen LogP contribution in [0.3, 0.4) is 0 Å². The lowest BCUT2D eigenvalue weighted by molar-refractivity contribution is -0.142. The van der Waals surface area contributed by atoms with E-state index >= 15 is 0 Å². The van der Waals surface area contributed by atoms with Gasteiger partial charge in [-0.3, -0.25) is 19.2 Å². The lowest BCUT2D eigenvalue weighted by Gasteiger charge is -2.24. The van der Waals surface area contributed by atoms with Crippen LogP contribution < -0.4 is 27.4 Å². The van der Waals surface area contributed by atoms with Gasteiger partial charge in [-0.15, -0.1) is 0 Å². The number of hydrogen-bond acceptors (Lipinski definition) is 8. The van der Waals surface area contributed by atoms with E-state index in [-0.39, 0.29) is 12.8 Å². The topological polar surface area (TPSA) is 250 Å². The predicted octanol–water partition coefficient (Wildman–Crippen LogP) is -1.44. The third-order valence-corrected chi connectivity index (χ3v) is 6.11. The second-order valence-electron chi connectivity index (χ2n) is 9.09. The largest absolute Gasteiger partial charge is 0.481 e. The Labute approximate surface area is 224 Å². The molecule has 0 aliphatic heterocycles. The summed E-state index contributed by atoms with van der Waals surface area (Å²) in [7, 11) is 0. The molecule has 0 radical (unpaired) electrons. The zero-order valence-corrected chi connectivity index (χ0v) is 21.4. The van der Waals surface area contributed by atoms with Crippen molar-refractivity contribution in [3.63, 3.8) is 0 Å². The van der Waals surface area contributed by atoms with Gasteiger partial charge in [-0.05, 0) is 37.4 Å². The molecule has 1 aromatic heterocycles. The number of fused-ring (bicyclic) bond motifs is 1. The molecule has 14 heteroatoms. The molecule has 2 aromatic rings. The second-order valence-corrected chi connectivity index (χ2v) is 9.09. The Morgan fingerprint density at radius 2 is 1.51 bits per heavy atom. The number of aliphatic hydroxyl groups excluding tert-OH is 1. The van der Waals surface area contributed by atoms with E-state index in [1.165, 1.54) is 0 Å². The summed E-state index contributed by atoms with van der Waals surface area (Å²) in [5.74, 6) is -5.14. The summed E-state index contributed by atoms with van der Waals surface area (Å²) in [4.78, 5) is 64.1. The summed E-state index contributed by atoms with van der Waals surface area (Å²) in [6.07, 6.45) is 2.31. The van der Waals surface area contributed by atoms with Crippen LogP contribution in [0.15, 0.2) is 30.5 Å². The van der Waals surface area contributed by atoms with Crippen molar-refractivity contribution in [3.8, 4) is 0 Å². The molecule has 11 N–H and O–H groups in total. The number of nitrogens with two attached hydrogens (primary N) is 2. The molecule has 2 rings (SSSR count). The Kier molecular flexibility index (Phi) is 12.3. The number of hydrogen-bond donors (Lipinski definition) is 9. The molecule has 4 atom stereocenters. The number of aliphatic carboxylic acids is 2. The smallest absolute Gasteiger partial charge is 0.326 e. The molecule has 0 saturated carbocycles. The zero-order chi connectivity index (χ0) is 28.9. The Balaban J connectivity index is 2.07. The number of carboxylic acid groups (broad SMARTS) is 2. The highest BCUT2D eigenvalue weighted by molar-refractivity contribution is 5.94. The number of nitrogens with one attached hydrogen (secondary N) is 4. The lowest BCUT2D eigenvalue weighted by Crippen LogP contribution is -2.58. The molecule has 0 aliphatic rings. The van der Waals surface area contributed by atoms with E-state index in [4.69, 9.17) is 16.6 Å². The molecule has 3 amide bonds. The van der Waals surface area contributed by atoms with Crippen molar-refractivity contribution >= 4 is 40.6 Å². The standard InChI is InChI=1S/C25H36N6O8/c26-10-4-3-6-16(27)22(35)29-18(8-9-21(33)34)23(36)31-20(13-32)24(37)30-19(25(38)39)11-14-12-28-17-7-2-1-5-15(14)17/h1-2,5,7,12,16,18-20,28,32H,3-4,6,8-11,13,26-27H2,(H,29,35)(H,30,37)(H,31,36)(H,33,34)(H,38,39). The summed E-state index contributed by atoms with van der Waals surface area (Å²) >= 11 is 0. The maximum absolute atomic E-state index is 12.9. The molecule has 0 aliphatic carbocycles. The Morgan fingerprint density at radius 1 is 0.872 bits per heavy atom. The minimum Gasteiger partial charge on any atom is -0.481 e. The van der Waals surface area contributed by atoms with Crippen molar-refractivity contribution in [2.24, 2.45) is 11.5 Å². The predicted molar refractivity (Wildman–Crippen MR) is 140 cm³/mol.